The number of nitrogens with zero attached hydrogens (tertiary/aromatic N) is 2. The Morgan fingerprint density at radius 2 is 1.26 bits per heavy atom. The van der Waals surface area contributed by atoms with Crippen LogP contribution in [0.2, 0.25) is 0 Å². The molecule has 150 valence electrons. The van der Waals surface area contributed by atoms with Crippen LogP contribution in [-0.2, 0) is 0 Å². The number of benzene rings is 4. The maximum Gasteiger partial charge on any atom is 0.159 e. The minimum Gasteiger partial charge on any atom is -0.344 e. The second kappa shape index (κ2) is 8.70. The van der Waals surface area contributed by atoms with E-state index >= 15 is 0 Å². The first-order valence-corrected chi connectivity index (χ1v) is 11.0. The lowest BCUT2D eigenvalue weighted by atomic mass is 10.0. The van der Waals surface area contributed by atoms with Gasteiger partial charge in [-0.25, -0.2) is 9.98 Å². The average molecular weight is 466 g/mol. The largest absolute Gasteiger partial charge is 0.344 e. The summed E-state index contributed by atoms with van der Waals surface area (Å²) in [5.74, 6) is 1.56. The third-order valence-corrected chi connectivity index (χ3v) is 5.73. The van der Waals surface area contributed by atoms with Crippen molar-refractivity contribution < 1.29 is 0 Å². The maximum atomic E-state index is 4.96. The Bertz CT molecular complexity index is 1250. The Hall–Kier alpha value is -3.50. The third-order valence-electron chi connectivity index (χ3n) is 5.20. The van der Waals surface area contributed by atoms with E-state index in [-0.39, 0.29) is 6.17 Å². The molecule has 0 fully saturated rings. The van der Waals surface area contributed by atoms with Crippen molar-refractivity contribution >= 4 is 27.6 Å². The first kappa shape index (κ1) is 19.5. The second-order valence-corrected chi connectivity index (χ2v) is 8.24. The van der Waals surface area contributed by atoms with Crippen LogP contribution in [0.5, 0.6) is 0 Å². The molecule has 0 amide bonds. The normalized spacial score (nSPS) is 15.6. The maximum absolute atomic E-state index is 4.96. The highest BCUT2D eigenvalue weighted by Crippen LogP contribution is 2.27. The number of hydrogen-bond acceptors (Lipinski definition) is 3. The molecule has 1 N–H and O–H groups in total. The molecule has 1 heterocycles. The smallest absolute Gasteiger partial charge is 0.159 e. The summed E-state index contributed by atoms with van der Waals surface area (Å²) in [6.45, 7) is 0. The van der Waals surface area contributed by atoms with Gasteiger partial charge in [-0.3, -0.25) is 0 Å². The van der Waals surface area contributed by atoms with Crippen molar-refractivity contribution in [3.8, 4) is 11.1 Å². The van der Waals surface area contributed by atoms with E-state index in [9.17, 15) is 0 Å². The van der Waals surface area contributed by atoms with Gasteiger partial charge in [-0.2, -0.15) is 0 Å². The lowest BCUT2D eigenvalue weighted by Crippen LogP contribution is -2.33. The highest BCUT2D eigenvalue weighted by atomic mass is 79.9. The van der Waals surface area contributed by atoms with E-state index in [4.69, 9.17) is 9.98 Å². The standard InChI is InChI=1S/C27H20BrN3/c28-24-16-14-19(15-17-24)22-12-7-13-23(18-22)27-30-25(20-8-3-1-4-9-20)29-26(31-27)21-10-5-2-6-11-21/h1-18,27H,(H,29,30,31). The molecule has 0 aliphatic carbocycles. The lowest BCUT2D eigenvalue weighted by Gasteiger charge is -2.24. The molecule has 4 aromatic rings. The fourth-order valence-corrected chi connectivity index (χ4v) is 3.87. The van der Waals surface area contributed by atoms with Gasteiger partial charge in [0.15, 0.2) is 5.84 Å². The monoisotopic (exact) mass is 465 g/mol. The summed E-state index contributed by atoms with van der Waals surface area (Å²) < 4.78 is 1.07. The van der Waals surface area contributed by atoms with Crippen molar-refractivity contribution in [1.82, 2.24) is 5.32 Å². The van der Waals surface area contributed by atoms with Crippen molar-refractivity contribution in [1.29, 1.82) is 0 Å². The molecule has 0 aromatic heterocycles. The molecule has 0 saturated heterocycles. The first-order chi connectivity index (χ1) is 15.3. The summed E-state index contributed by atoms with van der Waals surface area (Å²) in [5, 5.41) is 3.53. The highest BCUT2D eigenvalue weighted by Gasteiger charge is 2.21. The Kier molecular flexibility index (Phi) is 5.46. The molecule has 31 heavy (non-hydrogen) atoms. The van der Waals surface area contributed by atoms with Crippen LogP contribution in [0.4, 0.5) is 0 Å². The number of amidine groups is 2. The van der Waals surface area contributed by atoms with Crippen LogP contribution in [0, 0.1) is 0 Å². The SMILES string of the molecule is Brc1ccc(-c2cccc(C3N=C(c4ccccc4)N=C(c4ccccc4)N3)c2)cc1. The molecular formula is C27H20BrN3. The molecule has 4 heteroatoms. The quantitative estimate of drug-likeness (QED) is 0.361. The molecule has 1 aliphatic rings. The summed E-state index contributed by atoms with van der Waals surface area (Å²) >= 11 is 3.51. The van der Waals surface area contributed by atoms with E-state index in [0.717, 1.165) is 38.4 Å². The molecule has 0 radical (unpaired) electrons. The van der Waals surface area contributed by atoms with Crippen LogP contribution >= 0.6 is 15.9 Å². The molecule has 1 aliphatic heterocycles. The van der Waals surface area contributed by atoms with E-state index in [1.807, 2.05) is 48.5 Å². The van der Waals surface area contributed by atoms with Gasteiger partial charge in [0.05, 0.1) is 0 Å². The molecule has 4 aromatic carbocycles. The summed E-state index contributed by atoms with van der Waals surface area (Å²) in [6, 6.07) is 37.2. The lowest BCUT2D eigenvalue weighted by molar-refractivity contribution is 0.674. The average Bonchev–Trinajstić information content (AvgIpc) is 2.85. The Balaban J connectivity index is 1.55. The van der Waals surface area contributed by atoms with Crippen molar-refractivity contribution in [3.63, 3.8) is 0 Å². The second-order valence-electron chi connectivity index (χ2n) is 7.32. The molecule has 3 nitrogen and oxygen atoms in total. The topological polar surface area (TPSA) is 36.8 Å². The highest BCUT2D eigenvalue weighted by molar-refractivity contribution is 9.10. The Morgan fingerprint density at radius 3 is 1.97 bits per heavy atom. The fourth-order valence-electron chi connectivity index (χ4n) is 3.61. The molecule has 0 saturated carbocycles. The van der Waals surface area contributed by atoms with Gasteiger partial charge in [0, 0.05) is 15.6 Å². The van der Waals surface area contributed by atoms with E-state index in [1.54, 1.807) is 0 Å². The van der Waals surface area contributed by atoms with Crippen molar-refractivity contribution in [2.75, 3.05) is 0 Å². The van der Waals surface area contributed by atoms with Gasteiger partial charge < -0.3 is 5.32 Å². The number of rotatable bonds is 4. The number of nitrogens with one attached hydrogen (secondary N) is 1. The van der Waals surface area contributed by atoms with Crippen LogP contribution in [-0.4, -0.2) is 11.7 Å². The van der Waals surface area contributed by atoms with Crippen LogP contribution in [0.25, 0.3) is 11.1 Å². The molecule has 0 spiro atoms. The number of hydrogen-bond donors (Lipinski definition) is 1. The zero-order chi connectivity index (χ0) is 21.0. The minimum atomic E-state index is -0.224. The zero-order valence-corrected chi connectivity index (χ0v) is 18.3. The molecule has 0 bridgehead atoms. The van der Waals surface area contributed by atoms with E-state index in [1.165, 1.54) is 5.56 Å². The van der Waals surface area contributed by atoms with Crippen molar-refractivity contribution in [3.05, 3.63) is 130 Å². The summed E-state index contributed by atoms with van der Waals surface area (Å²) in [5.41, 5.74) is 5.47. The van der Waals surface area contributed by atoms with Crippen LogP contribution in [0.3, 0.4) is 0 Å². The van der Waals surface area contributed by atoms with Crippen molar-refractivity contribution in [2.24, 2.45) is 9.98 Å². The van der Waals surface area contributed by atoms with E-state index in [2.05, 4.69) is 81.9 Å². The number of halogens is 1. The predicted octanol–water partition coefficient (Wildman–Crippen LogP) is 6.61. The minimum absolute atomic E-state index is 0.224. The summed E-state index contributed by atoms with van der Waals surface area (Å²) in [4.78, 5) is 9.80. The molecule has 1 atom stereocenters. The van der Waals surface area contributed by atoms with Crippen LogP contribution in [0.1, 0.15) is 22.9 Å². The van der Waals surface area contributed by atoms with Gasteiger partial charge in [0.2, 0.25) is 0 Å². The zero-order valence-electron chi connectivity index (χ0n) is 16.7. The summed E-state index contributed by atoms with van der Waals surface area (Å²) in [6.07, 6.45) is -0.224. The van der Waals surface area contributed by atoms with E-state index in [0.29, 0.717) is 0 Å². The van der Waals surface area contributed by atoms with Gasteiger partial charge in [-0.1, -0.05) is 107 Å². The van der Waals surface area contributed by atoms with Crippen LogP contribution < -0.4 is 5.32 Å². The summed E-state index contributed by atoms with van der Waals surface area (Å²) in [7, 11) is 0. The predicted molar refractivity (Wildman–Crippen MR) is 131 cm³/mol. The first-order valence-electron chi connectivity index (χ1n) is 10.2. The van der Waals surface area contributed by atoms with E-state index < -0.39 is 0 Å². The third kappa shape index (κ3) is 4.35. The van der Waals surface area contributed by atoms with Gasteiger partial charge >= 0.3 is 0 Å². The van der Waals surface area contributed by atoms with Crippen LogP contribution in [0.15, 0.2) is 124 Å². The van der Waals surface area contributed by atoms with Gasteiger partial charge in [0.1, 0.15) is 12.0 Å². The van der Waals surface area contributed by atoms with Gasteiger partial charge in [-0.15, -0.1) is 0 Å². The molecule has 1 unspecified atom stereocenters. The van der Waals surface area contributed by atoms with Gasteiger partial charge in [0.25, 0.3) is 0 Å². The van der Waals surface area contributed by atoms with Gasteiger partial charge in [-0.05, 0) is 34.9 Å². The molecular weight excluding hydrogens is 446 g/mol. The fraction of sp³-hybridized carbons (Fsp3) is 0.0370. The Labute approximate surface area is 190 Å². The molecule has 5 rings (SSSR count). The number of aliphatic imine (C=N–C) groups is 2. The van der Waals surface area contributed by atoms with Crippen molar-refractivity contribution in [2.45, 2.75) is 6.17 Å². The Morgan fingerprint density at radius 1 is 0.613 bits per heavy atom.